The van der Waals surface area contributed by atoms with Crippen LogP contribution in [0.2, 0.25) is 0 Å². The zero-order valence-corrected chi connectivity index (χ0v) is 11.4. The lowest BCUT2D eigenvalue weighted by atomic mass is 10.3. The van der Waals surface area contributed by atoms with E-state index in [9.17, 15) is 4.79 Å². The number of rotatable bonds is 2. The van der Waals surface area contributed by atoms with E-state index in [0.29, 0.717) is 11.3 Å². The SMILES string of the molecule is COC(=O)c1nc2cncc(Br)c2n1C(C)C. The molecule has 2 aromatic rings. The number of carbonyl (C=O) groups excluding carboxylic acids is 1. The van der Waals surface area contributed by atoms with Crippen molar-refractivity contribution < 1.29 is 9.53 Å². The van der Waals surface area contributed by atoms with Crippen molar-refractivity contribution in [2.24, 2.45) is 0 Å². The van der Waals surface area contributed by atoms with E-state index in [0.717, 1.165) is 9.99 Å². The lowest BCUT2D eigenvalue weighted by molar-refractivity contribution is 0.0580. The Morgan fingerprint density at radius 2 is 2.18 bits per heavy atom. The highest BCUT2D eigenvalue weighted by molar-refractivity contribution is 9.10. The molecule has 2 heterocycles. The molecule has 0 saturated heterocycles. The van der Waals surface area contributed by atoms with Gasteiger partial charge >= 0.3 is 5.97 Å². The largest absolute Gasteiger partial charge is 0.463 e. The van der Waals surface area contributed by atoms with E-state index < -0.39 is 5.97 Å². The summed E-state index contributed by atoms with van der Waals surface area (Å²) in [6.45, 7) is 3.97. The van der Waals surface area contributed by atoms with Gasteiger partial charge in [0.05, 0.1) is 23.3 Å². The second kappa shape index (κ2) is 4.44. The Kier molecular flexibility index (Phi) is 3.15. The molecule has 0 aliphatic heterocycles. The second-order valence-electron chi connectivity index (χ2n) is 3.88. The molecule has 0 atom stereocenters. The molecule has 2 rings (SSSR count). The van der Waals surface area contributed by atoms with Gasteiger partial charge in [-0.3, -0.25) is 4.98 Å². The molecule has 0 amide bonds. The molecule has 0 saturated carbocycles. The van der Waals surface area contributed by atoms with Crippen LogP contribution in [0.4, 0.5) is 0 Å². The second-order valence-corrected chi connectivity index (χ2v) is 4.73. The maximum absolute atomic E-state index is 11.7. The van der Waals surface area contributed by atoms with Gasteiger partial charge in [-0.05, 0) is 29.8 Å². The molecule has 0 bridgehead atoms. The topological polar surface area (TPSA) is 57.0 Å². The Bertz CT molecular complexity index is 577. The summed E-state index contributed by atoms with van der Waals surface area (Å²) in [4.78, 5) is 20.0. The number of imidazole rings is 1. The van der Waals surface area contributed by atoms with Gasteiger partial charge in [-0.2, -0.15) is 0 Å². The number of fused-ring (bicyclic) bond motifs is 1. The zero-order chi connectivity index (χ0) is 12.6. The van der Waals surface area contributed by atoms with Gasteiger partial charge in [-0.15, -0.1) is 0 Å². The van der Waals surface area contributed by atoms with E-state index in [4.69, 9.17) is 4.74 Å². The first-order chi connectivity index (χ1) is 8.06. The summed E-state index contributed by atoms with van der Waals surface area (Å²) in [6, 6.07) is 0.104. The van der Waals surface area contributed by atoms with Gasteiger partial charge in [0, 0.05) is 12.2 Å². The van der Waals surface area contributed by atoms with Crippen molar-refractivity contribution in [1.29, 1.82) is 0 Å². The number of halogens is 1. The van der Waals surface area contributed by atoms with Gasteiger partial charge in [-0.25, -0.2) is 9.78 Å². The molecule has 17 heavy (non-hydrogen) atoms. The monoisotopic (exact) mass is 297 g/mol. The summed E-state index contributed by atoms with van der Waals surface area (Å²) in [5, 5.41) is 0. The third-order valence-electron chi connectivity index (χ3n) is 2.43. The van der Waals surface area contributed by atoms with Gasteiger partial charge < -0.3 is 9.30 Å². The molecule has 0 radical (unpaired) electrons. The van der Waals surface area contributed by atoms with Crippen molar-refractivity contribution >= 4 is 32.9 Å². The van der Waals surface area contributed by atoms with E-state index >= 15 is 0 Å². The molecule has 0 unspecified atom stereocenters. The van der Waals surface area contributed by atoms with Crippen LogP contribution in [0.25, 0.3) is 11.0 Å². The zero-order valence-electron chi connectivity index (χ0n) is 9.77. The van der Waals surface area contributed by atoms with Gasteiger partial charge in [0.25, 0.3) is 0 Å². The van der Waals surface area contributed by atoms with Crippen LogP contribution in [0.1, 0.15) is 30.5 Å². The van der Waals surface area contributed by atoms with E-state index in [2.05, 4.69) is 25.9 Å². The highest BCUT2D eigenvalue weighted by atomic mass is 79.9. The average Bonchev–Trinajstić information content (AvgIpc) is 2.68. The Balaban J connectivity index is 2.81. The number of methoxy groups -OCH3 is 1. The van der Waals surface area contributed by atoms with Crippen LogP contribution in [-0.2, 0) is 4.74 Å². The fourth-order valence-electron chi connectivity index (χ4n) is 1.75. The van der Waals surface area contributed by atoms with Crippen molar-refractivity contribution in [3.8, 4) is 0 Å². The molecule has 5 nitrogen and oxygen atoms in total. The lowest BCUT2D eigenvalue weighted by Gasteiger charge is -2.12. The fourth-order valence-corrected chi connectivity index (χ4v) is 2.26. The van der Waals surface area contributed by atoms with Gasteiger partial charge in [0.1, 0.15) is 5.52 Å². The Hall–Kier alpha value is -1.43. The van der Waals surface area contributed by atoms with Gasteiger partial charge in [0.2, 0.25) is 5.82 Å². The minimum absolute atomic E-state index is 0.104. The van der Waals surface area contributed by atoms with Crippen LogP contribution in [-0.4, -0.2) is 27.6 Å². The molecule has 2 aromatic heterocycles. The van der Waals surface area contributed by atoms with Crippen molar-refractivity contribution in [2.75, 3.05) is 7.11 Å². The number of pyridine rings is 1. The van der Waals surface area contributed by atoms with Crippen LogP contribution in [0, 0.1) is 0 Å². The van der Waals surface area contributed by atoms with E-state index in [1.807, 2.05) is 18.4 Å². The average molecular weight is 298 g/mol. The molecular formula is C11H12BrN3O2. The summed E-state index contributed by atoms with van der Waals surface area (Å²) >= 11 is 3.42. The first-order valence-electron chi connectivity index (χ1n) is 5.16. The first-order valence-corrected chi connectivity index (χ1v) is 5.95. The number of ether oxygens (including phenoxy) is 1. The van der Waals surface area contributed by atoms with Crippen LogP contribution in [0.15, 0.2) is 16.9 Å². The first kappa shape index (κ1) is 12.0. The van der Waals surface area contributed by atoms with Crippen molar-refractivity contribution in [3.63, 3.8) is 0 Å². The minimum atomic E-state index is -0.443. The highest BCUT2D eigenvalue weighted by Gasteiger charge is 2.21. The third kappa shape index (κ3) is 1.93. The Morgan fingerprint density at radius 3 is 2.76 bits per heavy atom. The Morgan fingerprint density at radius 1 is 1.47 bits per heavy atom. The number of aromatic nitrogens is 3. The van der Waals surface area contributed by atoms with Crippen molar-refractivity contribution in [1.82, 2.24) is 14.5 Å². The summed E-state index contributed by atoms with van der Waals surface area (Å²) in [5.74, 6) is -0.145. The number of nitrogens with zero attached hydrogens (tertiary/aromatic N) is 3. The summed E-state index contributed by atoms with van der Waals surface area (Å²) in [7, 11) is 1.35. The normalized spacial score (nSPS) is 11.1. The predicted molar refractivity (Wildman–Crippen MR) is 67.0 cm³/mol. The van der Waals surface area contributed by atoms with Crippen molar-refractivity contribution in [3.05, 3.63) is 22.7 Å². The number of hydrogen-bond acceptors (Lipinski definition) is 4. The van der Waals surface area contributed by atoms with E-state index in [-0.39, 0.29) is 6.04 Å². The van der Waals surface area contributed by atoms with Crippen LogP contribution < -0.4 is 0 Å². The van der Waals surface area contributed by atoms with Crippen LogP contribution in [0.5, 0.6) is 0 Å². The molecule has 0 aromatic carbocycles. The maximum atomic E-state index is 11.7. The molecule has 0 fully saturated rings. The molecule has 0 spiro atoms. The molecule has 0 N–H and O–H groups in total. The maximum Gasteiger partial charge on any atom is 0.374 e. The molecule has 0 aliphatic carbocycles. The van der Waals surface area contributed by atoms with Gasteiger partial charge in [-0.1, -0.05) is 0 Å². The quantitative estimate of drug-likeness (QED) is 0.800. The van der Waals surface area contributed by atoms with Crippen LogP contribution >= 0.6 is 15.9 Å². The van der Waals surface area contributed by atoms with Crippen LogP contribution in [0.3, 0.4) is 0 Å². The Labute approximate surface area is 107 Å². The fraction of sp³-hybridized carbons (Fsp3) is 0.364. The summed E-state index contributed by atoms with van der Waals surface area (Å²) < 4.78 is 7.39. The lowest BCUT2D eigenvalue weighted by Crippen LogP contribution is -2.13. The summed E-state index contributed by atoms with van der Waals surface area (Å²) in [5.41, 5.74) is 1.53. The molecule has 90 valence electrons. The third-order valence-corrected chi connectivity index (χ3v) is 3.01. The molecule has 0 aliphatic rings. The highest BCUT2D eigenvalue weighted by Crippen LogP contribution is 2.27. The number of hydrogen-bond donors (Lipinski definition) is 0. The molecule has 6 heteroatoms. The minimum Gasteiger partial charge on any atom is -0.463 e. The number of esters is 1. The van der Waals surface area contributed by atoms with E-state index in [1.165, 1.54) is 7.11 Å². The van der Waals surface area contributed by atoms with E-state index in [1.54, 1.807) is 12.4 Å². The van der Waals surface area contributed by atoms with Crippen molar-refractivity contribution in [2.45, 2.75) is 19.9 Å². The molecular weight excluding hydrogens is 286 g/mol. The smallest absolute Gasteiger partial charge is 0.374 e. The number of carbonyl (C=O) groups is 1. The summed E-state index contributed by atoms with van der Waals surface area (Å²) in [6.07, 6.45) is 3.31. The predicted octanol–water partition coefficient (Wildman–Crippen LogP) is 2.56. The van der Waals surface area contributed by atoms with Gasteiger partial charge in [0.15, 0.2) is 0 Å². The standard InChI is InChI=1S/C11H12BrN3O2/c1-6(2)15-9-7(12)4-13-5-8(9)14-10(15)11(16)17-3/h4-6H,1-3H3.